The van der Waals surface area contributed by atoms with Crippen LogP contribution in [0, 0.1) is 18.3 Å². The molecule has 0 aromatic heterocycles. The summed E-state index contributed by atoms with van der Waals surface area (Å²) in [5.74, 6) is -0.929. The van der Waals surface area contributed by atoms with Crippen LogP contribution in [0.2, 0.25) is 0 Å². The van der Waals surface area contributed by atoms with Gasteiger partial charge < -0.3 is 10.4 Å². The Bertz CT molecular complexity index is 700. The van der Waals surface area contributed by atoms with E-state index in [1.54, 1.807) is 31.2 Å². The number of carboxylic acids is 1. The molecule has 4 heteroatoms. The SMILES string of the molecule is Cc1c(NC(C)c2ccc(C#N)cc2)cccc1C(=O)O. The zero-order valence-corrected chi connectivity index (χ0v) is 11.9. The molecule has 0 amide bonds. The molecule has 2 aromatic carbocycles. The van der Waals surface area contributed by atoms with Crippen molar-refractivity contribution >= 4 is 11.7 Å². The molecule has 106 valence electrons. The Labute approximate surface area is 123 Å². The Kier molecular flexibility index (Phi) is 4.24. The number of nitrogens with one attached hydrogen (secondary N) is 1. The molecule has 0 fully saturated rings. The molecular weight excluding hydrogens is 264 g/mol. The van der Waals surface area contributed by atoms with Crippen molar-refractivity contribution < 1.29 is 9.90 Å². The Balaban J connectivity index is 2.23. The number of carbonyl (C=O) groups is 1. The Morgan fingerprint density at radius 2 is 1.90 bits per heavy atom. The predicted molar refractivity (Wildman–Crippen MR) is 81.3 cm³/mol. The first-order valence-electron chi connectivity index (χ1n) is 6.62. The third-order valence-electron chi connectivity index (χ3n) is 3.48. The van der Waals surface area contributed by atoms with Crippen molar-refractivity contribution in [2.45, 2.75) is 19.9 Å². The van der Waals surface area contributed by atoms with E-state index in [0.717, 1.165) is 11.3 Å². The normalized spacial score (nSPS) is 11.5. The second kappa shape index (κ2) is 6.10. The Hall–Kier alpha value is -2.80. The van der Waals surface area contributed by atoms with Gasteiger partial charge in [0.1, 0.15) is 0 Å². The minimum Gasteiger partial charge on any atom is -0.478 e. The number of rotatable bonds is 4. The minimum absolute atomic E-state index is 0.0143. The predicted octanol–water partition coefficient (Wildman–Crippen LogP) is 3.74. The van der Waals surface area contributed by atoms with Crippen LogP contribution in [-0.2, 0) is 0 Å². The number of nitriles is 1. The van der Waals surface area contributed by atoms with E-state index in [-0.39, 0.29) is 6.04 Å². The van der Waals surface area contributed by atoms with Crippen LogP contribution >= 0.6 is 0 Å². The van der Waals surface area contributed by atoms with Gasteiger partial charge in [-0.3, -0.25) is 0 Å². The van der Waals surface area contributed by atoms with Crippen molar-refractivity contribution in [1.29, 1.82) is 5.26 Å². The van der Waals surface area contributed by atoms with Crippen LogP contribution in [0.4, 0.5) is 5.69 Å². The summed E-state index contributed by atoms with van der Waals surface area (Å²) in [7, 11) is 0. The van der Waals surface area contributed by atoms with Gasteiger partial charge in [0.25, 0.3) is 0 Å². The fraction of sp³-hybridized carbons (Fsp3) is 0.176. The van der Waals surface area contributed by atoms with Crippen molar-refractivity contribution in [3.8, 4) is 6.07 Å². The average Bonchev–Trinajstić information content (AvgIpc) is 2.49. The maximum Gasteiger partial charge on any atom is 0.336 e. The molecular formula is C17H16N2O2. The van der Waals surface area contributed by atoms with Crippen molar-refractivity contribution in [3.63, 3.8) is 0 Å². The number of aromatic carboxylic acids is 1. The zero-order valence-electron chi connectivity index (χ0n) is 11.9. The van der Waals surface area contributed by atoms with E-state index in [1.165, 1.54) is 0 Å². The van der Waals surface area contributed by atoms with Gasteiger partial charge in [-0.15, -0.1) is 0 Å². The number of anilines is 1. The van der Waals surface area contributed by atoms with Crippen molar-refractivity contribution in [3.05, 3.63) is 64.7 Å². The summed E-state index contributed by atoms with van der Waals surface area (Å²) < 4.78 is 0. The van der Waals surface area contributed by atoms with E-state index in [9.17, 15) is 4.79 Å². The lowest BCUT2D eigenvalue weighted by atomic mass is 10.0. The number of carboxylic acid groups (broad SMARTS) is 1. The topological polar surface area (TPSA) is 73.1 Å². The third kappa shape index (κ3) is 3.21. The van der Waals surface area contributed by atoms with Crippen LogP contribution in [-0.4, -0.2) is 11.1 Å². The van der Waals surface area contributed by atoms with Gasteiger partial charge in [0, 0.05) is 11.7 Å². The minimum atomic E-state index is -0.929. The molecule has 1 atom stereocenters. The number of hydrogen-bond acceptors (Lipinski definition) is 3. The highest BCUT2D eigenvalue weighted by molar-refractivity contribution is 5.91. The highest BCUT2D eigenvalue weighted by atomic mass is 16.4. The van der Waals surface area contributed by atoms with E-state index < -0.39 is 5.97 Å². The fourth-order valence-corrected chi connectivity index (χ4v) is 2.19. The quantitative estimate of drug-likeness (QED) is 0.894. The van der Waals surface area contributed by atoms with Crippen molar-refractivity contribution in [2.24, 2.45) is 0 Å². The first kappa shape index (κ1) is 14.6. The molecule has 4 nitrogen and oxygen atoms in total. The summed E-state index contributed by atoms with van der Waals surface area (Å²) in [4.78, 5) is 11.1. The number of hydrogen-bond donors (Lipinski definition) is 2. The zero-order chi connectivity index (χ0) is 15.4. The van der Waals surface area contributed by atoms with Crippen LogP contribution in [0.3, 0.4) is 0 Å². The van der Waals surface area contributed by atoms with Gasteiger partial charge in [0.2, 0.25) is 0 Å². The smallest absolute Gasteiger partial charge is 0.336 e. The molecule has 2 rings (SSSR count). The Morgan fingerprint density at radius 1 is 1.24 bits per heavy atom. The molecule has 21 heavy (non-hydrogen) atoms. The van der Waals surface area contributed by atoms with E-state index >= 15 is 0 Å². The molecule has 0 aliphatic rings. The van der Waals surface area contributed by atoms with Crippen LogP contribution in [0.5, 0.6) is 0 Å². The highest BCUT2D eigenvalue weighted by Crippen LogP contribution is 2.24. The molecule has 2 N–H and O–H groups in total. The van der Waals surface area contributed by atoms with E-state index in [4.69, 9.17) is 10.4 Å². The molecule has 0 heterocycles. The third-order valence-corrected chi connectivity index (χ3v) is 3.48. The molecule has 0 bridgehead atoms. The lowest BCUT2D eigenvalue weighted by Crippen LogP contribution is -2.10. The first-order valence-corrected chi connectivity index (χ1v) is 6.62. The van der Waals surface area contributed by atoms with Crippen LogP contribution < -0.4 is 5.32 Å². The average molecular weight is 280 g/mol. The molecule has 0 aliphatic heterocycles. The summed E-state index contributed by atoms with van der Waals surface area (Å²) in [6.07, 6.45) is 0. The largest absolute Gasteiger partial charge is 0.478 e. The van der Waals surface area contributed by atoms with Gasteiger partial charge in [-0.2, -0.15) is 5.26 Å². The maximum atomic E-state index is 11.1. The van der Waals surface area contributed by atoms with Gasteiger partial charge in [-0.05, 0) is 49.2 Å². The van der Waals surface area contributed by atoms with Gasteiger partial charge >= 0.3 is 5.97 Å². The van der Waals surface area contributed by atoms with Crippen molar-refractivity contribution in [1.82, 2.24) is 0 Å². The van der Waals surface area contributed by atoms with Crippen LogP contribution in [0.25, 0.3) is 0 Å². The monoisotopic (exact) mass is 280 g/mol. The fourth-order valence-electron chi connectivity index (χ4n) is 2.19. The molecule has 0 spiro atoms. The second-order valence-electron chi connectivity index (χ2n) is 4.88. The molecule has 0 aliphatic carbocycles. The molecule has 0 saturated carbocycles. The van der Waals surface area contributed by atoms with E-state index in [0.29, 0.717) is 16.7 Å². The van der Waals surface area contributed by atoms with E-state index in [1.807, 2.05) is 25.1 Å². The summed E-state index contributed by atoms with van der Waals surface area (Å²) >= 11 is 0. The number of benzene rings is 2. The van der Waals surface area contributed by atoms with Gasteiger partial charge in [0.05, 0.1) is 17.2 Å². The Morgan fingerprint density at radius 3 is 2.48 bits per heavy atom. The van der Waals surface area contributed by atoms with E-state index in [2.05, 4.69) is 11.4 Å². The molecule has 2 aromatic rings. The summed E-state index contributed by atoms with van der Waals surface area (Å²) in [6.45, 7) is 3.78. The van der Waals surface area contributed by atoms with Crippen molar-refractivity contribution in [2.75, 3.05) is 5.32 Å². The summed E-state index contributed by atoms with van der Waals surface area (Å²) in [5.41, 5.74) is 3.47. The lowest BCUT2D eigenvalue weighted by Gasteiger charge is -2.18. The van der Waals surface area contributed by atoms with Gasteiger partial charge in [-0.1, -0.05) is 18.2 Å². The van der Waals surface area contributed by atoms with Crippen LogP contribution in [0.1, 0.15) is 40.0 Å². The summed E-state index contributed by atoms with van der Waals surface area (Å²) in [5, 5.41) is 21.3. The second-order valence-corrected chi connectivity index (χ2v) is 4.88. The summed E-state index contributed by atoms with van der Waals surface area (Å²) in [6, 6.07) is 14.6. The van der Waals surface area contributed by atoms with Gasteiger partial charge in [-0.25, -0.2) is 4.79 Å². The molecule has 0 saturated heterocycles. The molecule has 0 radical (unpaired) electrons. The standard InChI is InChI=1S/C17H16N2O2/c1-11-15(17(20)21)4-3-5-16(11)19-12(2)14-8-6-13(10-18)7-9-14/h3-9,12,19H,1-2H3,(H,20,21). The first-order chi connectivity index (χ1) is 10.0. The number of nitrogens with zero attached hydrogens (tertiary/aromatic N) is 1. The molecule has 1 unspecified atom stereocenters. The van der Waals surface area contributed by atoms with Gasteiger partial charge in [0.15, 0.2) is 0 Å². The maximum absolute atomic E-state index is 11.1. The lowest BCUT2D eigenvalue weighted by molar-refractivity contribution is 0.0696. The highest BCUT2D eigenvalue weighted by Gasteiger charge is 2.12. The van der Waals surface area contributed by atoms with Crippen LogP contribution in [0.15, 0.2) is 42.5 Å².